The van der Waals surface area contributed by atoms with Crippen LogP contribution in [0.2, 0.25) is 5.02 Å². The zero-order valence-electron chi connectivity index (χ0n) is 21.2. The van der Waals surface area contributed by atoms with Gasteiger partial charge in [-0.2, -0.15) is 0 Å². The minimum Gasteiger partial charge on any atom is -0.454 e. The van der Waals surface area contributed by atoms with Crippen molar-refractivity contribution >= 4 is 40.1 Å². The maximum absolute atomic E-state index is 14.0. The lowest BCUT2D eigenvalue weighted by molar-refractivity contribution is -0.140. The Morgan fingerprint density at radius 2 is 1.68 bits per heavy atom. The highest BCUT2D eigenvalue weighted by Gasteiger charge is 2.32. The largest absolute Gasteiger partial charge is 0.454 e. The Hall–Kier alpha value is -4.89. The van der Waals surface area contributed by atoms with E-state index in [1.54, 1.807) is 52.0 Å². The van der Waals surface area contributed by atoms with Crippen LogP contribution in [0.15, 0.2) is 97.1 Å². The molecule has 1 aliphatic rings. The fourth-order valence-corrected chi connectivity index (χ4v) is 4.79. The Bertz CT molecular complexity index is 1670. The molecular weight excluding hydrogens is 530 g/mol. The number of aromatic nitrogens is 3. The van der Waals surface area contributed by atoms with Crippen molar-refractivity contribution in [2.75, 3.05) is 12.1 Å². The lowest BCUT2D eigenvalue weighted by atomic mass is 10.0. The van der Waals surface area contributed by atoms with Crippen molar-refractivity contribution in [3.8, 4) is 11.5 Å². The van der Waals surface area contributed by atoms with Crippen LogP contribution in [0.5, 0.6) is 11.5 Å². The van der Waals surface area contributed by atoms with E-state index in [1.807, 2.05) is 54.6 Å². The number of ether oxygens (including phenoxy) is 2. The SMILES string of the molecule is O=C(Nc1ccc2c(c1)OCO2)[C@H](c1ccc(Cl)cc1)N(Cc1ccccc1)C(=O)Cn1nnc2ccccc21. The molecule has 0 bridgehead atoms. The molecule has 0 saturated heterocycles. The summed E-state index contributed by atoms with van der Waals surface area (Å²) in [5.41, 5.74) is 3.40. The topological polar surface area (TPSA) is 98.6 Å². The van der Waals surface area contributed by atoms with E-state index in [2.05, 4.69) is 15.6 Å². The zero-order valence-corrected chi connectivity index (χ0v) is 22.0. The highest BCUT2D eigenvalue weighted by Crippen LogP contribution is 2.35. The van der Waals surface area contributed by atoms with E-state index in [1.165, 1.54) is 0 Å². The van der Waals surface area contributed by atoms with Crippen LogP contribution in [-0.4, -0.2) is 38.5 Å². The molecule has 9 nitrogen and oxygen atoms in total. The van der Waals surface area contributed by atoms with Crippen LogP contribution < -0.4 is 14.8 Å². The minimum absolute atomic E-state index is 0.102. The van der Waals surface area contributed by atoms with Gasteiger partial charge in [-0.15, -0.1) is 5.10 Å². The molecule has 2 heterocycles. The lowest BCUT2D eigenvalue weighted by Gasteiger charge is -2.31. The molecule has 1 atom stereocenters. The Labute approximate surface area is 234 Å². The Morgan fingerprint density at radius 3 is 2.50 bits per heavy atom. The van der Waals surface area contributed by atoms with Gasteiger partial charge in [0, 0.05) is 23.3 Å². The summed E-state index contributed by atoms with van der Waals surface area (Å²) in [6.07, 6.45) is 0. The van der Waals surface area contributed by atoms with Gasteiger partial charge in [-0.25, -0.2) is 4.68 Å². The maximum Gasteiger partial charge on any atom is 0.251 e. The van der Waals surface area contributed by atoms with E-state index >= 15 is 0 Å². The molecule has 1 aromatic heterocycles. The first-order valence-electron chi connectivity index (χ1n) is 12.6. The first-order chi connectivity index (χ1) is 19.5. The number of para-hydroxylation sites is 1. The Kier molecular flexibility index (Phi) is 7.03. The molecule has 0 radical (unpaired) electrons. The molecule has 1 aliphatic heterocycles. The molecule has 10 heteroatoms. The second-order valence-electron chi connectivity index (χ2n) is 9.25. The van der Waals surface area contributed by atoms with Gasteiger partial charge in [-0.05, 0) is 47.5 Å². The number of hydrogen-bond donors (Lipinski definition) is 1. The highest BCUT2D eigenvalue weighted by molar-refractivity contribution is 6.30. The summed E-state index contributed by atoms with van der Waals surface area (Å²) in [5.74, 6) is 0.443. The van der Waals surface area contributed by atoms with Gasteiger partial charge in [0.2, 0.25) is 12.7 Å². The van der Waals surface area contributed by atoms with Gasteiger partial charge in [-0.3, -0.25) is 9.59 Å². The summed E-state index contributed by atoms with van der Waals surface area (Å²) in [6, 6.07) is 28.0. The predicted molar refractivity (Wildman–Crippen MR) is 150 cm³/mol. The summed E-state index contributed by atoms with van der Waals surface area (Å²) < 4.78 is 12.4. The molecule has 0 aliphatic carbocycles. The van der Waals surface area contributed by atoms with Crippen molar-refractivity contribution in [3.05, 3.63) is 113 Å². The summed E-state index contributed by atoms with van der Waals surface area (Å²) in [7, 11) is 0. The second kappa shape index (κ2) is 11.1. The third-order valence-electron chi connectivity index (χ3n) is 6.61. The average Bonchev–Trinajstić information content (AvgIpc) is 3.61. The number of fused-ring (bicyclic) bond motifs is 2. The average molecular weight is 554 g/mol. The number of halogens is 1. The van der Waals surface area contributed by atoms with Crippen LogP contribution in [0.25, 0.3) is 11.0 Å². The monoisotopic (exact) mass is 553 g/mol. The van der Waals surface area contributed by atoms with E-state index in [4.69, 9.17) is 21.1 Å². The summed E-state index contributed by atoms with van der Waals surface area (Å²) in [4.78, 5) is 29.6. The smallest absolute Gasteiger partial charge is 0.251 e. The minimum atomic E-state index is -0.981. The first kappa shape index (κ1) is 25.4. The third kappa shape index (κ3) is 5.32. The molecule has 0 saturated carbocycles. The van der Waals surface area contributed by atoms with E-state index in [-0.39, 0.29) is 25.8 Å². The van der Waals surface area contributed by atoms with Crippen LogP contribution in [0.4, 0.5) is 5.69 Å². The van der Waals surface area contributed by atoms with E-state index < -0.39 is 11.9 Å². The van der Waals surface area contributed by atoms with Crippen molar-refractivity contribution < 1.29 is 19.1 Å². The van der Waals surface area contributed by atoms with Crippen molar-refractivity contribution in [1.29, 1.82) is 0 Å². The van der Waals surface area contributed by atoms with Crippen molar-refractivity contribution in [1.82, 2.24) is 19.9 Å². The molecule has 0 unspecified atom stereocenters. The Balaban J connectivity index is 1.37. The molecule has 0 spiro atoms. The number of nitrogens with zero attached hydrogens (tertiary/aromatic N) is 4. The van der Waals surface area contributed by atoms with Gasteiger partial charge in [0.25, 0.3) is 5.91 Å². The van der Waals surface area contributed by atoms with Gasteiger partial charge in [0.15, 0.2) is 11.5 Å². The van der Waals surface area contributed by atoms with Gasteiger partial charge < -0.3 is 19.7 Å². The molecule has 2 amide bonds. The van der Waals surface area contributed by atoms with E-state index in [0.29, 0.717) is 33.3 Å². The normalized spacial score (nSPS) is 12.7. The molecule has 40 heavy (non-hydrogen) atoms. The molecular formula is C30H24ClN5O4. The number of amides is 2. The van der Waals surface area contributed by atoms with Gasteiger partial charge in [0.1, 0.15) is 18.1 Å². The molecule has 4 aromatic carbocycles. The molecule has 6 rings (SSSR count). The summed E-state index contributed by atoms with van der Waals surface area (Å²) >= 11 is 6.18. The maximum atomic E-state index is 14.0. The molecule has 0 fully saturated rings. The van der Waals surface area contributed by atoms with E-state index in [9.17, 15) is 9.59 Å². The molecule has 200 valence electrons. The Morgan fingerprint density at radius 1 is 0.925 bits per heavy atom. The second-order valence-corrected chi connectivity index (χ2v) is 9.69. The van der Waals surface area contributed by atoms with Gasteiger partial charge >= 0.3 is 0 Å². The van der Waals surface area contributed by atoms with Crippen LogP contribution in [0, 0.1) is 0 Å². The van der Waals surface area contributed by atoms with E-state index in [0.717, 1.165) is 11.1 Å². The summed E-state index contributed by atoms with van der Waals surface area (Å²) in [5, 5.41) is 11.8. The zero-order chi connectivity index (χ0) is 27.5. The number of benzene rings is 4. The molecule has 1 N–H and O–H groups in total. The number of rotatable bonds is 8. The number of anilines is 1. The number of carbonyl (C=O) groups is 2. The molecule has 5 aromatic rings. The van der Waals surface area contributed by atoms with Crippen LogP contribution in [0.3, 0.4) is 0 Å². The fourth-order valence-electron chi connectivity index (χ4n) is 4.66. The number of nitrogens with one attached hydrogen (secondary N) is 1. The number of hydrogen-bond acceptors (Lipinski definition) is 6. The van der Waals surface area contributed by atoms with Crippen LogP contribution in [-0.2, 0) is 22.7 Å². The highest BCUT2D eigenvalue weighted by atomic mass is 35.5. The van der Waals surface area contributed by atoms with Crippen LogP contribution >= 0.6 is 11.6 Å². The van der Waals surface area contributed by atoms with Crippen molar-refractivity contribution in [2.24, 2.45) is 0 Å². The lowest BCUT2D eigenvalue weighted by Crippen LogP contribution is -2.42. The summed E-state index contributed by atoms with van der Waals surface area (Å²) in [6.45, 7) is 0.208. The third-order valence-corrected chi connectivity index (χ3v) is 6.86. The van der Waals surface area contributed by atoms with Gasteiger partial charge in [0.05, 0.1) is 5.52 Å². The van der Waals surface area contributed by atoms with Gasteiger partial charge in [-0.1, -0.05) is 71.4 Å². The van der Waals surface area contributed by atoms with Crippen molar-refractivity contribution in [3.63, 3.8) is 0 Å². The quantitative estimate of drug-likeness (QED) is 0.283. The standard InChI is InChI=1S/C30H24ClN5O4/c31-22-12-10-21(11-13-22)29(30(38)32-23-14-15-26-27(16-23)40-19-39-26)35(17-20-6-2-1-3-7-20)28(37)18-36-25-9-5-4-8-24(25)33-34-36/h1-16,29H,17-19H2,(H,32,38)/t29-/m0/s1. The first-order valence-corrected chi connectivity index (χ1v) is 13.0. The fraction of sp³-hybridized carbons (Fsp3) is 0.133. The van der Waals surface area contributed by atoms with Crippen LogP contribution in [0.1, 0.15) is 17.2 Å². The predicted octanol–water partition coefficient (Wildman–Crippen LogP) is 5.22. The number of carbonyl (C=O) groups excluding carboxylic acids is 2. The van der Waals surface area contributed by atoms with Crippen molar-refractivity contribution in [2.45, 2.75) is 19.1 Å².